The normalized spacial score (nSPS) is 13.6. The topological polar surface area (TPSA) is 40.5 Å². The van der Waals surface area contributed by atoms with Crippen LogP contribution in [0.3, 0.4) is 0 Å². The van der Waals surface area contributed by atoms with Crippen LogP contribution >= 0.6 is 11.6 Å². The van der Waals surface area contributed by atoms with E-state index in [9.17, 15) is 4.79 Å². The summed E-state index contributed by atoms with van der Waals surface area (Å²) >= 11 is 5.99. The van der Waals surface area contributed by atoms with Crippen LogP contribution in [0.5, 0.6) is 0 Å². The monoisotopic (exact) mass is 283 g/mol. The van der Waals surface area contributed by atoms with Crippen LogP contribution in [-0.2, 0) is 11.3 Å². The number of carboxylic acid groups (broad SMARTS) is 1. The Morgan fingerprint density at radius 2 is 2.05 bits per heavy atom. The van der Waals surface area contributed by atoms with Gasteiger partial charge in [-0.05, 0) is 38.5 Å². The molecule has 0 heterocycles. The lowest BCUT2D eigenvalue weighted by Crippen LogP contribution is -2.44. The molecule has 0 aliphatic heterocycles. The van der Waals surface area contributed by atoms with Gasteiger partial charge in [-0.25, -0.2) is 0 Å². The zero-order chi connectivity index (χ0) is 14.6. The molecule has 0 aliphatic carbocycles. The van der Waals surface area contributed by atoms with Gasteiger partial charge in [-0.2, -0.15) is 0 Å². The van der Waals surface area contributed by atoms with Crippen molar-refractivity contribution in [2.24, 2.45) is 5.92 Å². The lowest BCUT2D eigenvalue weighted by Gasteiger charge is -2.36. The standard InChI is InChI=1S/C15H22ClNO2/c1-11(14(18)19)9-17(15(2,3)4)10-12-6-5-7-13(16)8-12/h5-8,11H,9-10H2,1-4H3,(H,18,19). The number of halogens is 1. The second kappa shape index (κ2) is 6.40. The van der Waals surface area contributed by atoms with Crippen molar-refractivity contribution in [1.82, 2.24) is 4.90 Å². The largest absolute Gasteiger partial charge is 0.481 e. The first-order chi connectivity index (χ1) is 8.70. The molecule has 0 aliphatic rings. The van der Waals surface area contributed by atoms with Crippen LogP contribution in [0.15, 0.2) is 24.3 Å². The van der Waals surface area contributed by atoms with E-state index in [0.717, 1.165) is 5.56 Å². The Labute approximate surface area is 120 Å². The quantitative estimate of drug-likeness (QED) is 0.896. The van der Waals surface area contributed by atoms with Crippen LogP contribution in [0.2, 0.25) is 5.02 Å². The molecular weight excluding hydrogens is 262 g/mol. The molecule has 0 fully saturated rings. The molecule has 0 radical (unpaired) electrons. The van der Waals surface area contributed by atoms with Crippen LogP contribution in [0.1, 0.15) is 33.3 Å². The summed E-state index contributed by atoms with van der Waals surface area (Å²) in [5.41, 5.74) is 1.01. The Bertz CT molecular complexity index is 440. The zero-order valence-electron chi connectivity index (χ0n) is 12.0. The average Bonchev–Trinajstić information content (AvgIpc) is 2.26. The highest BCUT2D eigenvalue weighted by Crippen LogP contribution is 2.20. The summed E-state index contributed by atoms with van der Waals surface area (Å²) < 4.78 is 0. The van der Waals surface area contributed by atoms with E-state index in [-0.39, 0.29) is 5.54 Å². The number of hydrogen-bond donors (Lipinski definition) is 1. The van der Waals surface area contributed by atoms with Crippen molar-refractivity contribution in [3.8, 4) is 0 Å². The Hall–Kier alpha value is -1.06. The molecule has 4 heteroatoms. The first kappa shape index (κ1) is 16.0. The number of benzene rings is 1. The van der Waals surface area contributed by atoms with Gasteiger partial charge in [-0.3, -0.25) is 9.69 Å². The number of nitrogens with zero attached hydrogens (tertiary/aromatic N) is 1. The Kier molecular flexibility index (Phi) is 5.39. The van der Waals surface area contributed by atoms with Gasteiger partial charge in [-0.15, -0.1) is 0 Å². The van der Waals surface area contributed by atoms with Gasteiger partial charge in [0.25, 0.3) is 0 Å². The maximum absolute atomic E-state index is 11.0. The summed E-state index contributed by atoms with van der Waals surface area (Å²) in [5, 5.41) is 9.77. The van der Waals surface area contributed by atoms with Gasteiger partial charge in [0.2, 0.25) is 0 Å². The number of hydrogen-bond acceptors (Lipinski definition) is 2. The molecule has 0 saturated heterocycles. The third-order valence-electron chi connectivity index (χ3n) is 3.13. The van der Waals surface area contributed by atoms with Crippen molar-refractivity contribution >= 4 is 17.6 Å². The second-order valence-corrected chi connectivity index (χ2v) is 6.36. The molecule has 0 aromatic heterocycles. The van der Waals surface area contributed by atoms with E-state index < -0.39 is 11.9 Å². The summed E-state index contributed by atoms with van der Waals surface area (Å²) in [4.78, 5) is 13.2. The van der Waals surface area contributed by atoms with Crippen LogP contribution in [0.4, 0.5) is 0 Å². The first-order valence-corrected chi connectivity index (χ1v) is 6.80. The van der Waals surface area contributed by atoms with Crippen molar-refractivity contribution in [2.75, 3.05) is 6.54 Å². The number of rotatable bonds is 5. The molecule has 0 spiro atoms. The fourth-order valence-corrected chi connectivity index (χ4v) is 2.05. The lowest BCUT2D eigenvalue weighted by atomic mass is 10.0. The molecule has 1 rings (SSSR count). The summed E-state index contributed by atoms with van der Waals surface area (Å²) in [6.45, 7) is 9.22. The van der Waals surface area contributed by atoms with E-state index in [0.29, 0.717) is 18.1 Å². The van der Waals surface area contributed by atoms with Gasteiger partial charge >= 0.3 is 5.97 Å². The Balaban J connectivity index is 2.84. The zero-order valence-corrected chi connectivity index (χ0v) is 12.7. The van der Waals surface area contributed by atoms with Gasteiger partial charge in [0.15, 0.2) is 0 Å². The number of carbonyl (C=O) groups is 1. The smallest absolute Gasteiger partial charge is 0.307 e. The van der Waals surface area contributed by atoms with Gasteiger partial charge in [-0.1, -0.05) is 30.7 Å². The van der Waals surface area contributed by atoms with E-state index in [1.54, 1.807) is 6.92 Å². The molecule has 1 aromatic rings. The minimum Gasteiger partial charge on any atom is -0.481 e. The first-order valence-electron chi connectivity index (χ1n) is 6.42. The molecule has 1 atom stereocenters. The summed E-state index contributed by atoms with van der Waals surface area (Å²) in [6.07, 6.45) is 0. The van der Waals surface area contributed by atoms with Crippen LogP contribution < -0.4 is 0 Å². The van der Waals surface area contributed by atoms with E-state index >= 15 is 0 Å². The average molecular weight is 284 g/mol. The highest BCUT2D eigenvalue weighted by Gasteiger charge is 2.25. The van der Waals surface area contributed by atoms with E-state index in [1.165, 1.54) is 0 Å². The van der Waals surface area contributed by atoms with E-state index in [2.05, 4.69) is 25.7 Å². The lowest BCUT2D eigenvalue weighted by molar-refractivity contribution is -0.142. The third-order valence-corrected chi connectivity index (χ3v) is 3.36. The van der Waals surface area contributed by atoms with Gasteiger partial charge < -0.3 is 5.11 Å². The maximum Gasteiger partial charge on any atom is 0.307 e. The van der Waals surface area contributed by atoms with Crippen LogP contribution in [-0.4, -0.2) is 28.1 Å². The fraction of sp³-hybridized carbons (Fsp3) is 0.533. The van der Waals surface area contributed by atoms with Crippen molar-refractivity contribution < 1.29 is 9.90 Å². The molecular formula is C15H22ClNO2. The Morgan fingerprint density at radius 1 is 1.42 bits per heavy atom. The number of aliphatic carboxylic acids is 1. The molecule has 0 bridgehead atoms. The van der Waals surface area contributed by atoms with Crippen LogP contribution in [0.25, 0.3) is 0 Å². The maximum atomic E-state index is 11.0. The predicted molar refractivity (Wildman–Crippen MR) is 78.4 cm³/mol. The predicted octanol–water partition coefficient (Wildman–Crippen LogP) is 3.66. The molecule has 1 aromatic carbocycles. The van der Waals surface area contributed by atoms with Crippen molar-refractivity contribution in [1.29, 1.82) is 0 Å². The minimum atomic E-state index is -0.764. The molecule has 1 unspecified atom stereocenters. The van der Waals surface area contributed by atoms with Crippen molar-refractivity contribution in [2.45, 2.75) is 39.8 Å². The second-order valence-electron chi connectivity index (χ2n) is 5.92. The summed E-state index contributed by atoms with van der Waals surface area (Å²) in [7, 11) is 0. The van der Waals surface area contributed by atoms with Gasteiger partial charge in [0.05, 0.1) is 5.92 Å². The van der Waals surface area contributed by atoms with Crippen molar-refractivity contribution in [3.63, 3.8) is 0 Å². The molecule has 3 nitrogen and oxygen atoms in total. The van der Waals surface area contributed by atoms with E-state index in [4.69, 9.17) is 16.7 Å². The van der Waals surface area contributed by atoms with Gasteiger partial charge in [0, 0.05) is 23.7 Å². The van der Waals surface area contributed by atoms with E-state index in [1.807, 2.05) is 24.3 Å². The fourth-order valence-electron chi connectivity index (χ4n) is 1.84. The number of carboxylic acids is 1. The molecule has 19 heavy (non-hydrogen) atoms. The SMILES string of the molecule is CC(CN(Cc1cccc(Cl)c1)C(C)(C)C)C(=O)O. The highest BCUT2D eigenvalue weighted by atomic mass is 35.5. The molecule has 1 N–H and O–H groups in total. The highest BCUT2D eigenvalue weighted by molar-refractivity contribution is 6.30. The van der Waals surface area contributed by atoms with Gasteiger partial charge in [0.1, 0.15) is 0 Å². The van der Waals surface area contributed by atoms with Crippen molar-refractivity contribution in [3.05, 3.63) is 34.9 Å². The molecule has 106 valence electrons. The third kappa shape index (κ3) is 5.21. The minimum absolute atomic E-state index is 0.0912. The molecule has 0 saturated carbocycles. The summed E-state index contributed by atoms with van der Waals surface area (Å²) in [6, 6.07) is 7.69. The Morgan fingerprint density at radius 3 is 2.53 bits per heavy atom. The summed E-state index contributed by atoms with van der Waals surface area (Å²) in [5.74, 6) is -1.15. The molecule has 0 amide bonds. The van der Waals surface area contributed by atoms with Crippen LogP contribution in [0, 0.1) is 5.92 Å².